The number of nitrogens with one attached hydrogen (secondary N) is 1. The zero-order valence-electron chi connectivity index (χ0n) is 11.0. The fourth-order valence-corrected chi connectivity index (χ4v) is 1.72. The van der Waals surface area contributed by atoms with E-state index in [9.17, 15) is 4.79 Å². The molecule has 1 aromatic carbocycles. The highest BCUT2D eigenvalue weighted by atomic mass is 16.5. The quantitative estimate of drug-likeness (QED) is 0.743. The number of rotatable bonds is 8. The van der Waals surface area contributed by atoms with Crippen LogP contribution in [0, 0.1) is 0 Å². The summed E-state index contributed by atoms with van der Waals surface area (Å²) in [6, 6.07) is 7.43. The first kappa shape index (κ1) is 14.7. The predicted molar refractivity (Wildman–Crippen MR) is 70.3 cm³/mol. The molecule has 0 radical (unpaired) electrons. The molecule has 2 N–H and O–H groups in total. The molecule has 0 aliphatic heterocycles. The van der Waals surface area contributed by atoms with Crippen LogP contribution in [0.5, 0.6) is 0 Å². The summed E-state index contributed by atoms with van der Waals surface area (Å²) in [6.45, 7) is 5.61. The summed E-state index contributed by atoms with van der Waals surface area (Å²) in [6.07, 6.45) is 0.572. The first-order valence-corrected chi connectivity index (χ1v) is 6.29. The molecule has 18 heavy (non-hydrogen) atoms. The van der Waals surface area contributed by atoms with Gasteiger partial charge in [-0.2, -0.15) is 0 Å². The van der Waals surface area contributed by atoms with Gasteiger partial charge in [0.2, 0.25) is 0 Å². The minimum atomic E-state index is -0.806. The van der Waals surface area contributed by atoms with Gasteiger partial charge in [-0.25, -0.2) is 0 Å². The van der Waals surface area contributed by atoms with E-state index in [1.807, 2.05) is 38.1 Å². The minimum absolute atomic E-state index is 0.495. The van der Waals surface area contributed by atoms with Gasteiger partial charge < -0.3 is 15.2 Å². The van der Waals surface area contributed by atoms with Gasteiger partial charge in [-0.05, 0) is 24.5 Å². The molecule has 0 saturated carbocycles. The molecule has 0 fully saturated rings. The molecule has 0 aromatic heterocycles. The lowest BCUT2D eigenvalue weighted by molar-refractivity contribution is -0.139. The Kier molecular flexibility index (Phi) is 6.39. The molecule has 0 bridgehead atoms. The van der Waals surface area contributed by atoms with E-state index in [0.717, 1.165) is 11.1 Å². The van der Waals surface area contributed by atoms with Crippen molar-refractivity contribution >= 4 is 5.97 Å². The van der Waals surface area contributed by atoms with Gasteiger partial charge >= 0.3 is 5.97 Å². The second-order valence-corrected chi connectivity index (χ2v) is 4.09. The maximum absolute atomic E-state index is 10.9. The summed E-state index contributed by atoms with van der Waals surface area (Å²) < 4.78 is 5.40. The molecule has 0 aliphatic rings. The van der Waals surface area contributed by atoms with Gasteiger partial charge in [0.05, 0.1) is 6.61 Å². The largest absolute Gasteiger partial charge is 0.480 e. The lowest BCUT2D eigenvalue weighted by atomic mass is 10.1. The highest BCUT2D eigenvalue weighted by Crippen LogP contribution is 2.10. The SMILES string of the molecule is CCOCc1ccccc1CNC(CC)C(=O)O. The average Bonchev–Trinajstić information content (AvgIpc) is 2.38. The van der Waals surface area contributed by atoms with Crippen LogP contribution in [-0.2, 0) is 22.7 Å². The Balaban J connectivity index is 2.63. The van der Waals surface area contributed by atoms with Crippen molar-refractivity contribution in [2.75, 3.05) is 6.61 Å². The molecule has 0 aliphatic carbocycles. The van der Waals surface area contributed by atoms with Crippen molar-refractivity contribution in [3.8, 4) is 0 Å². The van der Waals surface area contributed by atoms with Gasteiger partial charge in [0, 0.05) is 13.2 Å². The number of carbonyl (C=O) groups is 1. The number of carboxylic acids is 1. The van der Waals surface area contributed by atoms with Gasteiger partial charge in [-0.3, -0.25) is 4.79 Å². The summed E-state index contributed by atoms with van der Waals surface area (Å²) in [4.78, 5) is 10.9. The average molecular weight is 251 g/mol. The Morgan fingerprint density at radius 1 is 1.33 bits per heavy atom. The van der Waals surface area contributed by atoms with Crippen LogP contribution in [0.3, 0.4) is 0 Å². The lowest BCUT2D eigenvalue weighted by Gasteiger charge is -2.14. The Bertz CT molecular complexity index is 379. The van der Waals surface area contributed by atoms with Crippen LogP contribution in [0.25, 0.3) is 0 Å². The molecular weight excluding hydrogens is 230 g/mol. The van der Waals surface area contributed by atoms with Gasteiger partial charge in [0.25, 0.3) is 0 Å². The fraction of sp³-hybridized carbons (Fsp3) is 0.500. The molecule has 1 aromatic rings. The van der Waals surface area contributed by atoms with E-state index in [1.54, 1.807) is 0 Å². The predicted octanol–water partition coefficient (Wildman–Crippen LogP) is 2.18. The van der Waals surface area contributed by atoms with Crippen molar-refractivity contribution in [3.05, 3.63) is 35.4 Å². The second kappa shape index (κ2) is 7.84. The number of hydrogen-bond acceptors (Lipinski definition) is 3. The first-order chi connectivity index (χ1) is 8.69. The fourth-order valence-electron chi connectivity index (χ4n) is 1.72. The Labute approximate surface area is 108 Å². The molecular formula is C14H21NO3. The third kappa shape index (κ3) is 4.47. The smallest absolute Gasteiger partial charge is 0.320 e. The van der Waals surface area contributed by atoms with Gasteiger partial charge in [-0.1, -0.05) is 31.2 Å². The number of carboxylic acid groups (broad SMARTS) is 1. The highest BCUT2D eigenvalue weighted by molar-refractivity contribution is 5.73. The van der Waals surface area contributed by atoms with Crippen molar-refractivity contribution in [1.82, 2.24) is 5.32 Å². The van der Waals surface area contributed by atoms with Crippen LogP contribution in [0.15, 0.2) is 24.3 Å². The van der Waals surface area contributed by atoms with Crippen molar-refractivity contribution in [2.45, 2.75) is 39.5 Å². The van der Waals surface area contributed by atoms with E-state index in [4.69, 9.17) is 9.84 Å². The highest BCUT2D eigenvalue weighted by Gasteiger charge is 2.14. The van der Waals surface area contributed by atoms with Gasteiger partial charge in [0.15, 0.2) is 0 Å². The Morgan fingerprint density at radius 2 is 2.00 bits per heavy atom. The first-order valence-electron chi connectivity index (χ1n) is 6.29. The molecule has 0 saturated heterocycles. The molecule has 4 nitrogen and oxygen atoms in total. The number of hydrogen-bond donors (Lipinski definition) is 2. The van der Waals surface area contributed by atoms with Crippen molar-refractivity contribution in [2.24, 2.45) is 0 Å². The third-order valence-corrected chi connectivity index (χ3v) is 2.83. The van der Waals surface area contributed by atoms with Crippen LogP contribution < -0.4 is 5.32 Å². The summed E-state index contributed by atoms with van der Waals surface area (Å²) in [7, 11) is 0. The number of aliphatic carboxylic acids is 1. The number of benzene rings is 1. The maximum atomic E-state index is 10.9. The Morgan fingerprint density at radius 3 is 2.56 bits per heavy atom. The van der Waals surface area contributed by atoms with E-state index in [2.05, 4.69) is 5.32 Å². The summed E-state index contributed by atoms with van der Waals surface area (Å²) in [5.74, 6) is -0.806. The summed E-state index contributed by atoms with van der Waals surface area (Å²) in [5.41, 5.74) is 2.19. The second-order valence-electron chi connectivity index (χ2n) is 4.09. The molecule has 0 heterocycles. The van der Waals surface area contributed by atoms with Crippen LogP contribution in [0.2, 0.25) is 0 Å². The number of ether oxygens (including phenoxy) is 1. The normalized spacial score (nSPS) is 12.3. The van der Waals surface area contributed by atoms with Crippen LogP contribution in [0.1, 0.15) is 31.4 Å². The zero-order chi connectivity index (χ0) is 13.4. The molecule has 1 atom stereocenters. The van der Waals surface area contributed by atoms with Crippen LogP contribution in [-0.4, -0.2) is 23.7 Å². The third-order valence-electron chi connectivity index (χ3n) is 2.83. The van der Waals surface area contributed by atoms with Crippen molar-refractivity contribution in [1.29, 1.82) is 0 Å². The Hall–Kier alpha value is -1.39. The van der Waals surface area contributed by atoms with E-state index in [1.165, 1.54) is 0 Å². The topological polar surface area (TPSA) is 58.6 Å². The van der Waals surface area contributed by atoms with E-state index >= 15 is 0 Å². The van der Waals surface area contributed by atoms with E-state index < -0.39 is 12.0 Å². The standard InChI is InChI=1S/C14H21NO3/c1-3-13(14(16)17)15-9-11-7-5-6-8-12(11)10-18-4-2/h5-8,13,15H,3-4,9-10H2,1-2H3,(H,16,17). The summed E-state index contributed by atoms with van der Waals surface area (Å²) >= 11 is 0. The zero-order valence-corrected chi connectivity index (χ0v) is 11.0. The molecule has 4 heteroatoms. The summed E-state index contributed by atoms with van der Waals surface area (Å²) in [5, 5.41) is 12.0. The maximum Gasteiger partial charge on any atom is 0.320 e. The van der Waals surface area contributed by atoms with E-state index in [-0.39, 0.29) is 0 Å². The molecule has 1 rings (SSSR count). The minimum Gasteiger partial charge on any atom is -0.480 e. The molecule has 100 valence electrons. The molecule has 0 amide bonds. The monoisotopic (exact) mass is 251 g/mol. The van der Waals surface area contributed by atoms with Crippen LogP contribution >= 0.6 is 0 Å². The van der Waals surface area contributed by atoms with Crippen LogP contribution in [0.4, 0.5) is 0 Å². The van der Waals surface area contributed by atoms with E-state index in [0.29, 0.717) is 26.2 Å². The van der Waals surface area contributed by atoms with Gasteiger partial charge in [0.1, 0.15) is 6.04 Å². The molecule has 0 spiro atoms. The lowest BCUT2D eigenvalue weighted by Crippen LogP contribution is -2.35. The van der Waals surface area contributed by atoms with Crippen molar-refractivity contribution < 1.29 is 14.6 Å². The van der Waals surface area contributed by atoms with Crippen molar-refractivity contribution in [3.63, 3.8) is 0 Å². The van der Waals surface area contributed by atoms with Gasteiger partial charge in [-0.15, -0.1) is 0 Å². The molecule has 1 unspecified atom stereocenters.